The summed E-state index contributed by atoms with van der Waals surface area (Å²) in [6.07, 6.45) is 0. The minimum absolute atomic E-state index is 0.00893. The summed E-state index contributed by atoms with van der Waals surface area (Å²) < 4.78 is 12.8. The molecule has 0 N–H and O–H groups in total. The van der Waals surface area contributed by atoms with Crippen LogP contribution in [0.25, 0.3) is 0 Å². The van der Waals surface area contributed by atoms with Gasteiger partial charge in [-0.2, -0.15) is 0 Å². The average Bonchev–Trinajstić information content (AvgIpc) is 2.43. The van der Waals surface area contributed by atoms with E-state index in [2.05, 4.69) is 10.2 Å². The molecule has 0 bridgehead atoms. The van der Waals surface area contributed by atoms with E-state index in [1.165, 1.54) is 23.1 Å². The van der Waals surface area contributed by atoms with E-state index in [0.29, 0.717) is 6.54 Å². The molecule has 0 unspecified atom stereocenters. The summed E-state index contributed by atoms with van der Waals surface area (Å²) in [5, 5.41) is 7.21. The van der Waals surface area contributed by atoms with Crippen molar-refractivity contribution >= 4 is 29.1 Å². The van der Waals surface area contributed by atoms with Crippen LogP contribution in [0.5, 0.6) is 0 Å². The van der Waals surface area contributed by atoms with Gasteiger partial charge in [-0.3, -0.25) is 4.79 Å². The number of hydrogen-bond acceptors (Lipinski definition) is 3. The highest BCUT2D eigenvalue weighted by molar-refractivity contribution is 6.34. The van der Waals surface area contributed by atoms with Gasteiger partial charge in [-0.15, -0.1) is 10.2 Å². The van der Waals surface area contributed by atoms with E-state index in [1.807, 2.05) is 0 Å². The Bertz CT molecular complexity index is 634. The molecule has 20 heavy (non-hydrogen) atoms. The molecule has 1 heterocycles. The quantitative estimate of drug-likeness (QED) is 0.874. The average molecular weight is 314 g/mol. The van der Waals surface area contributed by atoms with Crippen LogP contribution >= 0.6 is 23.2 Å². The second-order valence-electron chi connectivity index (χ2n) is 4.16. The molecular weight excluding hydrogens is 304 g/mol. The minimum atomic E-state index is -0.337. The molecule has 0 saturated carbocycles. The fourth-order valence-corrected chi connectivity index (χ4v) is 1.96. The van der Waals surface area contributed by atoms with Gasteiger partial charge in [0.25, 0.3) is 5.91 Å². The zero-order valence-electron chi connectivity index (χ0n) is 10.5. The summed E-state index contributed by atoms with van der Waals surface area (Å²) in [5.41, 5.74) is 0.975. The lowest BCUT2D eigenvalue weighted by Crippen LogP contribution is -2.26. The smallest absolute Gasteiger partial charge is 0.257 e. The van der Waals surface area contributed by atoms with Crippen molar-refractivity contribution in [2.45, 2.75) is 6.54 Å². The predicted octanol–water partition coefficient (Wildman–Crippen LogP) is 3.19. The lowest BCUT2D eigenvalue weighted by Gasteiger charge is -2.17. The molecule has 1 amide bonds. The number of benzene rings is 1. The highest BCUT2D eigenvalue weighted by Gasteiger charge is 2.17. The molecule has 1 aromatic carbocycles. The zero-order chi connectivity index (χ0) is 14.7. The fraction of sp³-hybridized carbons (Fsp3) is 0.154. The Morgan fingerprint density at radius 2 is 1.90 bits per heavy atom. The fourth-order valence-electron chi connectivity index (χ4n) is 1.64. The Balaban J connectivity index is 2.16. The molecule has 104 valence electrons. The van der Waals surface area contributed by atoms with Gasteiger partial charge in [-0.05, 0) is 23.8 Å². The van der Waals surface area contributed by atoms with Gasteiger partial charge in [0.2, 0.25) is 0 Å². The van der Waals surface area contributed by atoms with Gasteiger partial charge in [0.1, 0.15) is 5.82 Å². The number of carbonyl (C=O) groups excluding carboxylic acids is 1. The molecular formula is C13H10Cl2FN3O. The number of aromatic nitrogens is 2. The van der Waals surface area contributed by atoms with Gasteiger partial charge < -0.3 is 4.90 Å². The van der Waals surface area contributed by atoms with Crippen molar-refractivity contribution in [2.24, 2.45) is 0 Å². The molecule has 1 aromatic heterocycles. The Morgan fingerprint density at radius 1 is 1.25 bits per heavy atom. The molecule has 0 saturated heterocycles. The minimum Gasteiger partial charge on any atom is -0.337 e. The molecule has 2 rings (SSSR count). The maximum absolute atomic E-state index is 12.8. The van der Waals surface area contributed by atoms with Crippen molar-refractivity contribution in [2.75, 3.05) is 7.05 Å². The highest BCUT2D eigenvalue weighted by atomic mass is 35.5. The van der Waals surface area contributed by atoms with Gasteiger partial charge in [0, 0.05) is 13.6 Å². The standard InChI is InChI=1S/C13H10Cl2FN3O/c1-19(7-8-2-4-9(16)5-3-8)13(20)10-6-11(14)17-18-12(10)15/h2-6H,7H2,1H3. The summed E-state index contributed by atoms with van der Waals surface area (Å²) in [6.45, 7) is 0.315. The van der Waals surface area contributed by atoms with Crippen molar-refractivity contribution < 1.29 is 9.18 Å². The Hall–Kier alpha value is -1.72. The summed E-state index contributed by atoms with van der Waals surface area (Å²) in [5.74, 6) is -0.660. The van der Waals surface area contributed by atoms with Gasteiger partial charge in [-0.25, -0.2) is 4.39 Å². The predicted molar refractivity (Wildman–Crippen MR) is 74.2 cm³/mol. The third-order valence-corrected chi connectivity index (χ3v) is 3.09. The second kappa shape index (κ2) is 6.15. The highest BCUT2D eigenvalue weighted by Crippen LogP contribution is 2.18. The van der Waals surface area contributed by atoms with E-state index in [0.717, 1.165) is 5.56 Å². The van der Waals surface area contributed by atoms with Crippen molar-refractivity contribution in [1.29, 1.82) is 0 Å². The van der Waals surface area contributed by atoms with E-state index >= 15 is 0 Å². The van der Waals surface area contributed by atoms with Crippen LogP contribution in [-0.2, 0) is 6.54 Å². The first-order valence-corrected chi connectivity index (χ1v) is 6.41. The van der Waals surface area contributed by atoms with Crippen LogP contribution in [0.3, 0.4) is 0 Å². The summed E-state index contributed by atoms with van der Waals surface area (Å²) in [6, 6.07) is 7.26. The number of amides is 1. The Labute approximate surface area is 125 Å². The largest absolute Gasteiger partial charge is 0.337 e. The molecule has 4 nitrogen and oxygen atoms in total. The van der Waals surface area contributed by atoms with E-state index in [-0.39, 0.29) is 27.6 Å². The van der Waals surface area contributed by atoms with Gasteiger partial charge in [-0.1, -0.05) is 35.3 Å². The number of nitrogens with zero attached hydrogens (tertiary/aromatic N) is 3. The van der Waals surface area contributed by atoms with Crippen LogP contribution in [0.4, 0.5) is 4.39 Å². The number of hydrogen-bond donors (Lipinski definition) is 0. The SMILES string of the molecule is CN(Cc1ccc(F)cc1)C(=O)c1cc(Cl)nnc1Cl. The summed E-state index contributed by atoms with van der Waals surface area (Å²) in [4.78, 5) is 13.7. The van der Waals surface area contributed by atoms with Crippen LogP contribution < -0.4 is 0 Å². The van der Waals surface area contributed by atoms with Crippen molar-refractivity contribution in [3.63, 3.8) is 0 Å². The molecule has 0 fully saturated rings. The van der Waals surface area contributed by atoms with Crippen LogP contribution in [-0.4, -0.2) is 28.1 Å². The molecule has 0 aliphatic rings. The first-order valence-electron chi connectivity index (χ1n) is 5.66. The number of halogens is 3. The first kappa shape index (κ1) is 14.7. The number of carbonyl (C=O) groups is 1. The molecule has 0 aliphatic carbocycles. The molecule has 0 aliphatic heterocycles. The molecule has 0 atom stereocenters. The van der Waals surface area contributed by atoms with Crippen LogP contribution in [0.2, 0.25) is 10.3 Å². The van der Waals surface area contributed by atoms with Crippen LogP contribution in [0.15, 0.2) is 30.3 Å². The maximum Gasteiger partial charge on any atom is 0.257 e. The zero-order valence-corrected chi connectivity index (χ0v) is 12.0. The normalized spacial score (nSPS) is 10.4. The van der Waals surface area contributed by atoms with Crippen LogP contribution in [0.1, 0.15) is 15.9 Å². The third kappa shape index (κ3) is 3.43. The third-order valence-electron chi connectivity index (χ3n) is 2.63. The number of rotatable bonds is 3. The lowest BCUT2D eigenvalue weighted by atomic mass is 10.2. The molecule has 0 radical (unpaired) electrons. The maximum atomic E-state index is 12.8. The van der Waals surface area contributed by atoms with E-state index in [1.54, 1.807) is 19.2 Å². The first-order chi connectivity index (χ1) is 9.47. The van der Waals surface area contributed by atoms with Crippen molar-refractivity contribution in [1.82, 2.24) is 15.1 Å². The van der Waals surface area contributed by atoms with E-state index in [4.69, 9.17) is 23.2 Å². The van der Waals surface area contributed by atoms with Gasteiger partial charge >= 0.3 is 0 Å². The second-order valence-corrected chi connectivity index (χ2v) is 4.90. The molecule has 7 heteroatoms. The van der Waals surface area contributed by atoms with Crippen molar-refractivity contribution in [3.05, 3.63) is 57.6 Å². The Kier molecular flexibility index (Phi) is 4.52. The Morgan fingerprint density at radius 3 is 2.55 bits per heavy atom. The van der Waals surface area contributed by atoms with E-state index in [9.17, 15) is 9.18 Å². The monoisotopic (exact) mass is 313 g/mol. The lowest BCUT2D eigenvalue weighted by molar-refractivity contribution is 0.0784. The van der Waals surface area contributed by atoms with Crippen LogP contribution in [0, 0.1) is 5.82 Å². The van der Waals surface area contributed by atoms with Gasteiger partial charge in [0.05, 0.1) is 5.56 Å². The van der Waals surface area contributed by atoms with E-state index < -0.39 is 0 Å². The summed E-state index contributed by atoms with van der Waals surface area (Å²) in [7, 11) is 1.61. The summed E-state index contributed by atoms with van der Waals surface area (Å²) >= 11 is 11.5. The van der Waals surface area contributed by atoms with Gasteiger partial charge in [0.15, 0.2) is 10.3 Å². The molecule has 0 spiro atoms. The topological polar surface area (TPSA) is 46.1 Å². The van der Waals surface area contributed by atoms with Crippen molar-refractivity contribution in [3.8, 4) is 0 Å². The molecule has 2 aromatic rings.